The van der Waals surface area contributed by atoms with E-state index in [-0.39, 0.29) is 18.4 Å². The fourth-order valence-corrected chi connectivity index (χ4v) is 3.93. The van der Waals surface area contributed by atoms with Crippen LogP contribution in [0.25, 0.3) is 11.1 Å². The minimum Gasteiger partial charge on any atom is -0.478 e. The quantitative estimate of drug-likeness (QED) is 0.598. The Bertz CT molecular complexity index is 954. The average Bonchev–Trinajstić information content (AvgIpc) is 3.07. The average molecular weight is 440 g/mol. The molecule has 0 radical (unpaired) electrons. The molecule has 32 heavy (non-hydrogen) atoms. The van der Waals surface area contributed by atoms with Gasteiger partial charge in [-0.1, -0.05) is 76.2 Å². The summed E-state index contributed by atoms with van der Waals surface area (Å²) in [5.74, 6) is -2.84. The zero-order chi connectivity index (χ0) is 23.4. The van der Waals surface area contributed by atoms with Gasteiger partial charge in [-0.2, -0.15) is 0 Å². The molecule has 3 rings (SSSR count). The minimum atomic E-state index is -1.28. The Morgan fingerprint density at radius 3 is 1.91 bits per heavy atom. The number of hydrogen-bond acceptors (Lipinski definition) is 5. The molecular weight excluding hydrogens is 410 g/mol. The molecule has 0 spiro atoms. The summed E-state index contributed by atoms with van der Waals surface area (Å²) in [6.07, 6.45) is -2.04. The van der Waals surface area contributed by atoms with Gasteiger partial charge in [0.25, 0.3) is 0 Å². The topological polar surface area (TPSA) is 102 Å². The van der Waals surface area contributed by atoms with Crippen LogP contribution < -0.4 is 5.32 Å². The van der Waals surface area contributed by atoms with Crippen LogP contribution in [0.1, 0.15) is 44.7 Å². The van der Waals surface area contributed by atoms with Crippen molar-refractivity contribution in [3.8, 4) is 11.1 Å². The third kappa shape index (κ3) is 4.93. The van der Waals surface area contributed by atoms with Crippen LogP contribution in [0.15, 0.2) is 48.5 Å². The number of carboxylic acid groups (broad SMARTS) is 1. The molecule has 7 heteroatoms. The molecule has 0 bridgehead atoms. The predicted octanol–water partition coefficient (Wildman–Crippen LogP) is 4.20. The smallest absolute Gasteiger partial charge is 0.407 e. The summed E-state index contributed by atoms with van der Waals surface area (Å²) >= 11 is 0. The molecule has 170 valence electrons. The number of carbonyl (C=O) groups excluding carboxylic acids is 2. The van der Waals surface area contributed by atoms with E-state index in [1.54, 1.807) is 27.7 Å². The maximum atomic E-state index is 12.6. The monoisotopic (exact) mass is 439 g/mol. The van der Waals surface area contributed by atoms with Gasteiger partial charge in [0.1, 0.15) is 12.6 Å². The first kappa shape index (κ1) is 23.3. The van der Waals surface area contributed by atoms with Crippen LogP contribution in [-0.4, -0.2) is 41.9 Å². The molecule has 0 aromatic heterocycles. The van der Waals surface area contributed by atoms with Crippen LogP contribution >= 0.6 is 0 Å². The molecule has 7 nitrogen and oxygen atoms in total. The Kier molecular flexibility index (Phi) is 7.18. The summed E-state index contributed by atoms with van der Waals surface area (Å²) in [7, 11) is 0. The van der Waals surface area contributed by atoms with Gasteiger partial charge < -0.3 is 19.9 Å². The van der Waals surface area contributed by atoms with E-state index >= 15 is 0 Å². The highest BCUT2D eigenvalue weighted by Crippen LogP contribution is 2.44. The highest BCUT2D eigenvalue weighted by molar-refractivity contribution is 5.84. The number of carbonyl (C=O) groups is 3. The van der Waals surface area contributed by atoms with E-state index in [9.17, 15) is 19.5 Å². The largest absolute Gasteiger partial charge is 0.478 e. The Morgan fingerprint density at radius 1 is 0.906 bits per heavy atom. The number of ether oxygens (including phenoxy) is 2. The van der Waals surface area contributed by atoms with E-state index in [2.05, 4.69) is 5.32 Å². The second-order valence-electron chi connectivity index (χ2n) is 8.63. The molecule has 2 aromatic carbocycles. The summed E-state index contributed by atoms with van der Waals surface area (Å²) in [6, 6.07) is 15.0. The molecule has 0 unspecified atom stereocenters. The fraction of sp³-hybridized carbons (Fsp3) is 0.400. The zero-order valence-corrected chi connectivity index (χ0v) is 18.7. The summed E-state index contributed by atoms with van der Waals surface area (Å²) in [4.78, 5) is 36.5. The van der Waals surface area contributed by atoms with Gasteiger partial charge in [0.05, 0.1) is 0 Å². The standard InChI is InChI=1S/C25H29NO6/c1-14(2)21(24(29)32-22(15(3)4)23(27)28)26-25(30)31-13-20-18-11-7-5-9-16(18)17-10-6-8-12-19(17)20/h5-12,14-15,20-22H,13H2,1-4H3,(H,26,30)(H,27,28)/t21-,22+/m1/s1. The van der Waals surface area contributed by atoms with Crippen molar-refractivity contribution in [2.24, 2.45) is 11.8 Å². The number of esters is 1. The summed E-state index contributed by atoms with van der Waals surface area (Å²) in [6.45, 7) is 6.88. The van der Waals surface area contributed by atoms with E-state index in [1.165, 1.54) is 0 Å². The van der Waals surface area contributed by atoms with Gasteiger partial charge in [0, 0.05) is 11.8 Å². The lowest BCUT2D eigenvalue weighted by molar-refractivity contribution is -0.169. The van der Waals surface area contributed by atoms with Crippen molar-refractivity contribution in [3.63, 3.8) is 0 Å². The summed E-state index contributed by atoms with van der Waals surface area (Å²) < 4.78 is 10.7. The number of fused-ring (bicyclic) bond motifs is 3. The van der Waals surface area contributed by atoms with Crippen molar-refractivity contribution in [1.29, 1.82) is 0 Å². The molecule has 0 aliphatic heterocycles. The van der Waals surface area contributed by atoms with E-state index in [1.807, 2.05) is 48.5 Å². The Balaban J connectivity index is 1.67. The minimum absolute atomic E-state index is 0.102. The second kappa shape index (κ2) is 9.85. The predicted molar refractivity (Wildman–Crippen MR) is 119 cm³/mol. The lowest BCUT2D eigenvalue weighted by atomic mass is 9.98. The van der Waals surface area contributed by atoms with Gasteiger partial charge in [-0.25, -0.2) is 14.4 Å². The lowest BCUT2D eigenvalue weighted by Gasteiger charge is -2.24. The van der Waals surface area contributed by atoms with Crippen molar-refractivity contribution in [2.75, 3.05) is 6.61 Å². The number of benzene rings is 2. The van der Waals surface area contributed by atoms with Gasteiger partial charge >= 0.3 is 18.0 Å². The van der Waals surface area contributed by atoms with E-state index in [0.29, 0.717) is 0 Å². The van der Waals surface area contributed by atoms with Crippen molar-refractivity contribution < 1.29 is 29.0 Å². The van der Waals surface area contributed by atoms with Crippen LogP contribution in [-0.2, 0) is 19.1 Å². The molecular formula is C25H29NO6. The number of amides is 1. The highest BCUT2D eigenvalue weighted by Gasteiger charge is 2.33. The third-order valence-electron chi connectivity index (χ3n) is 5.63. The van der Waals surface area contributed by atoms with Gasteiger partial charge in [0.15, 0.2) is 0 Å². The van der Waals surface area contributed by atoms with Crippen LogP contribution in [0.2, 0.25) is 0 Å². The van der Waals surface area contributed by atoms with Gasteiger partial charge in [-0.3, -0.25) is 0 Å². The third-order valence-corrected chi connectivity index (χ3v) is 5.63. The molecule has 0 fully saturated rings. The van der Waals surface area contributed by atoms with Crippen molar-refractivity contribution >= 4 is 18.0 Å². The Hall–Kier alpha value is -3.35. The molecule has 2 aromatic rings. The highest BCUT2D eigenvalue weighted by atomic mass is 16.6. The zero-order valence-electron chi connectivity index (χ0n) is 18.7. The van der Waals surface area contributed by atoms with E-state index < -0.39 is 36.1 Å². The number of nitrogens with one attached hydrogen (secondary N) is 1. The summed E-state index contributed by atoms with van der Waals surface area (Å²) in [5.41, 5.74) is 4.41. The maximum absolute atomic E-state index is 12.6. The molecule has 2 atom stereocenters. The fourth-order valence-electron chi connectivity index (χ4n) is 3.93. The number of rotatable bonds is 8. The first-order valence-corrected chi connectivity index (χ1v) is 10.8. The van der Waals surface area contributed by atoms with E-state index in [0.717, 1.165) is 22.3 Å². The maximum Gasteiger partial charge on any atom is 0.407 e. The number of alkyl carbamates (subject to hydrolysis) is 1. The van der Waals surface area contributed by atoms with Crippen molar-refractivity contribution in [3.05, 3.63) is 59.7 Å². The van der Waals surface area contributed by atoms with Gasteiger partial charge in [-0.05, 0) is 28.2 Å². The van der Waals surface area contributed by atoms with Crippen LogP contribution in [0.3, 0.4) is 0 Å². The Morgan fingerprint density at radius 2 is 1.44 bits per heavy atom. The normalized spacial score (nSPS) is 14.4. The van der Waals surface area contributed by atoms with Gasteiger partial charge in [-0.15, -0.1) is 0 Å². The number of carboxylic acids is 1. The Labute approximate surface area is 187 Å². The van der Waals surface area contributed by atoms with Crippen LogP contribution in [0.4, 0.5) is 4.79 Å². The van der Waals surface area contributed by atoms with Crippen LogP contribution in [0.5, 0.6) is 0 Å². The summed E-state index contributed by atoms with van der Waals surface area (Å²) in [5, 5.41) is 11.8. The molecule has 0 saturated heterocycles. The molecule has 2 N–H and O–H groups in total. The molecule has 1 aliphatic carbocycles. The lowest BCUT2D eigenvalue weighted by Crippen LogP contribution is -2.48. The molecule has 0 heterocycles. The van der Waals surface area contributed by atoms with Crippen molar-refractivity contribution in [2.45, 2.75) is 45.8 Å². The number of aliphatic carboxylic acids is 1. The first-order chi connectivity index (χ1) is 15.2. The van der Waals surface area contributed by atoms with Crippen LogP contribution in [0, 0.1) is 11.8 Å². The molecule has 1 aliphatic rings. The van der Waals surface area contributed by atoms with Gasteiger partial charge in [0.2, 0.25) is 6.10 Å². The second-order valence-corrected chi connectivity index (χ2v) is 8.63. The number of hydrogen-bond donors (Lipinski definition) is 2. The molecule has 0 saturated carbocycles. The first-order valence-electron chi connectivity index (χ1n) is 10.8. The van der Waals surface area contributed by atoms with E-state index in [4.69, 9.17) is 9.47 Å². The molecule has 1 amide bonds. The SMILES string of the molecule is CC(C)[C@H](OC(=O)[C@H](NC(=O)OCC1c2ccccc2-c2ccccc21)C(C)C)C(=O)O. The van der Waals surface area contributed by atoms with Crippen molar-refractivity contribution in [1.82, 2.24) is 5.32 Å².